The molecular formula is C20H26N6O. The lowest BCUT2D eigenvalue weighted by molar-refractivity contribution is -0.131. The van der Waals surface area contributed by atoms with E-state index in [0.29, 0.717) is 0 Å². The molecule has 3 aliphatic rings. The maximum atomic E-state index is 13.1. The summed E-state index contributed by atoms with van der Waals surface area (Å²) < 4.78 is 0. The molecule has 3 aliphatic heterocycles. The number of nitrogens with zero attached hydrogens (tertiary/aromatic N) is 4. The first kappa shape index (κ1) is 16.7. The van der Waals surface area contributed by atoms with Crippen LogP contribution in [-0.4, -0.2) is 63.5 Å². The van der Waals surface area contributed by atoms with Crippen LogP contribution in [0.1, 0.15) is 32.1 Å². The van der Waals surface area contributed by atoms with Crippen molar-refractivity contribution in [1.82, 2.24) is 25.2 Å². The van der Waals surface area contributed by atoms with Crippen LogP contribution >= 0.6 is 0 Å². The fourth-order valence-electron chi connectivity index (χ4n) is 5.00. The average Bonchev–Trinajstić information content (AvgIpc) is 3.44. The molecule has 0 radical (unpaired) electrons. The van der Waals surface area contributed by atoms with Gasteiger partial charge in [0.15, 0.2) is 0 Å². The van der Waals surface area contributed by atoms with Crippen molar-refractivity contribution in [2.45, 2.75) is 43.7 Å². The third-order valence-electron chi connectivity index (χ3n) is 6.39. The molecule has 7 heteroatoms. The number of H-pyrrole nitrogens is 1. The molecular weight excluding hydrogens is 340 g/mol. The number of fused-ring (bicyclic) bond motifs is 1. The Morgan fingerprint density at radius 1 is 1.22 bits per heavy atom. The summed E-state index contributed by atoms with van der Waals surface area (Å²) in [5.41, 5.74) is 1.66. The number of aromatic nitrogens is 3. The number of amides is 1. The minimum Gasteiger partial charge on any atom is -0.360 e. The Hall–Kier alpha value is -2.41. The topological polar surface area (TPSA) is 77.1 Å². The number of carbonyl (C=O) groups excluding carboxylic acids is 1. The highest BCUT2D eigenvalue weighted by molar-refractivity contribution is 5.87. The molecule has 5 rings (SSSR count). The molecule has 0 aliphatic carbocycles. The predicted molar refractivity (Wildman–Crippen MR) is 103 cm³/mol. The van der Waals surface area contributed by atoms with Gasteiger partial charge in [0.05, 0.1) is 11.4 Å². The third-order valence-corrected chi connectivity index (χ3v) is 6.39. The molecule has 0 bridgehead atoms. The molecule has 1 amide bonds. The zero-order valence-electron chi connectivity index (χ0n) is 15.5. The van der Waals surface area contributed by atoms with E-state index in [9.17, 15) is 4.79 Å². The first-order chi connectivity index (χ1) is 13.2. The van der Waals surface area contributed by atoms with E-state index < -0.39 is 0 Å². The van der Waals surface area contributed by atoms with Crippen LogP contribution < -0.4 is 10.2 Å². The minimum absolute atomic E-state index is 0.174. The summed E-state index contributed by atoms with van der Waals surface area (Å²) in [6.45, 7) is 3.79. The van der Waals surface area contributed by atoms with E-state index in [2.05, 4.69) is 25.1 Å². The van der Waals surface area contributed by atoms with Gasteiger partial charge >= 0.3 is 0 Å². The second-order valence-corrected chi connectivity index (χ2v) is 7.96. The van der Waals surface area contributed by atoms with Gasteiger partial charge in [-0.3, -0.25) is 9.69 Å². The van der Waals surface area contributed by atoms with E-state index >= 15 is 0 Å². The smallest absolute Gasteiger partial charge is 0.240 e. The summed E-state index contributed by atoms with van der Waals surface area (Å²) in [5, 5.41) is 3.34. The Morgan fingerprint density at radius 3 is 2.85 bits per heavy atom. The van der Waals surface area contributed by atoms with Crippen LogP contribution in [0.5, 0.6) is 0 Å². The second-order valence-electron chi connectivity index (χ2n) is 7.96. The molecule has 7 nitrogen and oxygen atoms in total. The van der Waals surface area contributed by atoms with Gasteiger partial charge in [0.2, 0.25) is 11.9 Å². The van der Waals surface area contributed by atoms with Gasteiger partial charge in [0.25, 0.3) is 0 Å². The zero-order chi connectivity index (χ0) is 18.3. The normalized spacial score (nSPS) is 24.3. The van der Waals surface area contributed by atoms with Crippen molar-refractivity contribution < 1.29 is 4.79 Å². The summed E-state index contributed by atoms with van der Waals surface area (Å²) in [6, 6.07) is 6.06. The molecule has 2 aromatic heterocycles. The van der Waals surface area contributed by atoms with Crippen LogP contribution in [0.4, 0.5) is 5.95 Å². The fourth-order valence-corrected chi connectivity index (χ4v) is 5.00. The standard InChI is InChI=1S/C20H26N6O/c27-18(20-7-2-11-26(20)12-3-8-20)23-15-6-13-25(14-15)19-22-10-5-17(24-19)16-4-1-9-21-16/h1,4-5,9-10,15,21H,2-3,6-8,11-14H2,(H,23,27). The fraction of sp³-hybridized carbons (Fsp3) is 0.550. The van der Waals surface area contributed by atoms with E-state index in [0.717, 1.165) is 75.6 Å². The third kappa shape index (κ3) is 2.90. The SMILES string of the molecule is O=C(NC1CCN(c2nccc(-c3ccc[nH]3)n2)C1)C12CCCN1CCC2. The van der Waals surface area contributed by atoms with E-state index in [-0.39, 0.29) is 17.5 Å². The highest BCUT2D eigenvalue weighted by Gasteiger charge is 2.50. The van der Waals surface area contributed by atoms with Gasteiger partial charge in [-0.15, -0.1) is 0 Å². The highest BCUT2D eigenvalue weighted by Crippen LogP contribution is 2.39. The molecule has 2 aromatic rings. The molecule has 142 valence electrons. The van der Waals surface area contributed by atoms with E-state index in [1.165, 1.54) is 0 Å². The Kier molecular flexibility index (Phi) is 4.11. The van der Waals surface area contributed by atoms with Crippen LogP contribution in [-0.2, 0) is 4.79 Å². The van der Waals surface area contributed by atoms with Crippen molar-refractivity contribution in [3.05, 3.63) is 30.6 Å². The van der Waals surface area contributed by atoms with Gasteiger partial charge in [0.1, 0.15) is 5.54 Å². The number of nitrogens with one attached hydrogen (secondary N) is 2. The van der Waals surface area contributed by atoms with Gasteiger partial charge in [-0.2, -0.15) is 0 Å². The molecule has 1 unspecified atom stereocenters. The Balaban J connectivity index is 1.26. The maximum absolute atomic E-state index is 13.1. The van der Waals surface area contributed by atoms with Crippen molar-refractivity contribution in [2.24, 2.45) is 0 Å². The summed E-state index contributed by atoms with van der Waals surface area (Å²) in [6.07, 6.45) is 8.95. The monoisotopic (exact) mass is 366 g/mol. The van der Waals surface area contributed by atoms with Crippen LogP contribution in [0, 0.1) is 0 Å². The first-order valence-corrected chi connectivity index (χ1v) is 10.0. The van der Waals surface area contributed by atoms with Gasteiger partial charge < -0.3 is 15.2 Å². The molecule has 2 N–H and O–H groups in total. The molecule has 3 saturated heterocycles. The number of anilines is 1. The van der Waals surface area contributed by atoms with E-state index in [4.69, 9.17) is 4.98 Å². The van der Waals surface area contributed by atoms with Crippen molar-refractivity contribution in [3.63, 3.8) is 0 Å². The number of rotatable bonds is 4. The summed E-state index contributed by atoms with van der Waals surface area (Å²) in [5.74, 6) is 0.978. The molecule has 0 spiro atoms. The van der Waals surface area contributed by atoms with Crippen LogP contribution in [0.25, 0.3) is 11.4 Å². The molecule has 0 saturated carbocycles. The van der Waals surface area contributed by atoms with Crippen molar-refractivity contribution in [1.29, 1.82) is 0 Å². The summed E-state index contributed by atoms with van der Waals surface area (Å²) in [4.78, 5) is 30.0. The molecule has 0 aromatic carbocycles. The van der Waals surface area contributed by atoms with E-state index in [1.54, 1.807) is 6.20 Å². The van der Waals surface area contributed by atoms with Crippen molar-refractivity contribution >= 4 is 11.9 Å². The highest BCUT2D eigenvalue weighted by atomic mass is 16.2. The summed E-state index contributed by atoms with van der Waals surface area (Å²) in [7, 11) is 0. The minimum atomic E-state index is -0.225. The first-order valence-electron chi connectivity index (χ1n) is 10.0. The lowest BCUT2D eigenvalue weighted by Gasteiger charge is -2.31. The van der Waals surface area contributed by atoms with Gasteiger partial charge in [-0.05, 0) is 63.4 Å². The number of aromatic amines is 1. The molecule has 5 heterocycles. The number of hydrogen-bond donors (Lipinski definition) is 2. The van der Waals surface area contributed by atoms with Gasteiger partial charge in [-0.25, -0.2) is 9.97 Å². The largest absolute Gasteiger partial charge is 0.360 e. The van der Waals surface area contributed by atoms with Crippen LogP contribution in [0.15, 0.2) is 30.6 Å². The molecule has 3 fully saturated rings. The zero-order valence-corrected chi connectivity index (χ0v) is 15.5. The number of hydrogen-bond acceptors (Lipinski definition) is 5. The Labute approximate surface area is 159 Å². The second kappa shape index (κ2) is 6.64. The average molecular weight is 366 g/mol. The quantitative estimate of drug-likeness (QED) is 0.863. The van der Waals surface area contributed by atoms with E-state index in [1.807, 2.05) is 24.4 Å². The van der Waals surface area contributed by atoms with Crippen molar-refractivity contribution in [3.8, 4) is 11.4 Å². The van der Waals surface area contributed by atoms with Gasteiger partial charge in [-0.1, -0.05) is 0 Å². The van der Waals surface area contributed by atoms with Gasteiger partial charge in [0, 0.05) is 31.5 Å². The molecule has 1 atom stereocenters. The Morgan fingerprint density at radius 2 is 2.07 bits per heavy atom. The number of carbonyl (C=O) groups is 1. The van der Waals surface area contributed by atoms with Crippen LogP contribution in [0.3, 0.4) is 0 Å². The van der Waals surface area contributed by atoms with Crippen molar-refractivity contribution in [2.75, 3.05) is 31.1 Å². The lowest BCUT2D eigenvalue weighted by Crippen LogP contribution is -2.54. The van der Waals surface area contributed by atoms with Crippen LogP contribution in [0.2, 0.25) is 0 Å². The lowest BCUT2D eigenvalue weighted by atomic mass is 9.92. The molecule has 27 heavy (non-hydrogen) atoms. The summed E-state index contributed by atoms with van der Waals surface area (Å²) >= 11 is 0. The predicted octanol–water partition coefficient (Wildman–Crippen LogP) is 1.79. The Bertz CT molecular complexity index is 810. The maximum Gasteiger partial charge on any atom is 0.240 e.